The van der Waals surface area contributed by atoms with E-state index in [1.807, 2.05) is 84.9 Å². The van der Waals surface area contributed by atoms with Gasteiger partial charge in [-0.05, 0) is 52.8 Å². The Morgan fingerprint density at radius 2 is 1.30 bits per heavy atom. The molecule has 0 unspecified atom stereocenters. The summed E-state index contributed by atoms with van der Waals surface area (Å²) in [4.78, 5) is 72.9. The maximum absolute atomic E-state index is 13.9. The maximum atomic E-state index is 13.9. The summed E-state index contributed by atoms with van der Waals surface area (Å²) < 4.78 is 45.0. The van der Waals surface area contributed by atoms with Crippen LogP contribution in [0.25, 0.3) is 11.2 Å². The van der Waals surface area contributed by atoms with Crippen molar-refractivity contribution in [3.63, 3.8) is 0 Å². The summed E-state index contributed by atoms with van der Waals surface area (Å²) in [6.07, 6.45) is -2.18. The van der Waals surface area contributed by atoms with Gasteiger partial charge in [0, 0.05) is 50.1 Å². The van der Waals surface area contributed by atoms with E-state index in [0.717, 1.165) is 16.7 Å². The number of hydrogen-bond acceptors (Lipinski definition) is 17. The van der Waals surface area contributed by atoms with Crippen LogP contribution in [0.3, 0.4) is 0 Å². The molecule has 0 bridgehead atoms. The van der Waals surface area contributed by atoms with Gasteiger partial charge in [-0.15, -0.1) is 0 Å². The molecule has 76 heavy (non-hydrogen) atoms. The number of benzene rings is 5. The molecule has 22 nitrogen and oxygen atoms in total. The molecule has 2 N–H and O–H groups in total. The topological polar surface area (TPSA) is 278 Å². The highest BCUT2D eigenvalue weighted by molar-refractivity contribution is 5.93. The Morgan fingerprint density at radius 1 is 0.711 bits per heavy atom. The molecule has 0 spiro atoms. The number of non-ortho nitro benzene ring substituents is 2. The number of nitro groups is 2. The second kappa shape index (κ2) is 25.4. The predicted molar refractivity (Wildman–Crippen MR) is 272 cm³/mol. The third-order valence-corrected chi connectivity index (χ3v) is 12.6. The number of rotatable bonds is 25. The van der Waals surface area contributed by atoms with Gasteiger partial charge in [-0.2, -0.15) is 0 Å². The first kappa shape index (κ1) is 53.4. The van der Waals surface area contributed by atoms with Gasteiger partial charge in [0.1, 0.15) is 29.9 Å². The second-order valence-corrected chi connectivity index (χ2v) is 17.4. The average molecular weight is 1040 g/mol. The minimum Gasteiger partial charge on any atom is -0.497 e. The molecule has 0 aliphatic carbocycles. The van der Waals surface area contributed by atoms with Gasteiger partial charge < -0.3 is 38.3 Å². The molecule has 394 valence electrons. The summed E-state index contributed by atoms with van der Waals surface area (Å²) in [5.41, 5.74) is 2.53. The molecule has 1 amide bonds. The number of carboxylic acid groups (broad SMARTS) is 1. The smallest absolute Gasteiger partial charge is 0.497 e. The lowest BCUT2D eigenvalue weighted by atomic mass is 9.80. The first-order valence-electron chi connectivity index (χ1n) is 24.2. The summed E-state index contributed by atoms with van der Waals surface area (Å²) in [6, 6.07) is 38.5. The lowest BCUT2D eigenvalue weighted by Gasteiger charge is -2.37. The normalized spacial score (nSPS) is 16.2. The molecule has 5 aromatic carbocycles. The van der Waals surface area contributed by atoms with Crippen molar-refractivity contribution in [2.45, 2.75) is 68.7 Å². The van der Waals surface area contributed by atoms with Crippen LogP contribution in [0.5, 0.6) is 5.75 Å². The molecule has 1 fully saturated rings. The number of methoxy groups -OCH3 is 1. The van der Waals surface area contributed by atoms with Gasteiger partial charge in [-0.25, -0.2) is 24.5 Å². The van der Waals surface area contributed by atoms with Crippen molar-refractivity contribution >= 4 is 46.6 Å². The van der Waals surface area contributed by atoms with Crippen LogP contribution in [0.1, 0.15) is 59.7 Å². The van der Waals surface area contributed by atoms with E-state index in [0.29, 0.717) is 36.1 Å². The number of aromatic nitrogens is 4. The van der Waals surface area contributed by atoms with Crippen LogP contribution >= 0.6 is 0 Å². The number of amides is 1. The van der Waals surface area contributed by atoms with Gasteiger partial charge in [0.2, 0.25) is 0 Å². The number of ether oxygens (including phenoxy) is 7. The number of nitrogens with zero attached hydrogens (tertiary/aromatic N) is 6. The van der Waals surface area contributed by atoms with Gasteiger partial charge in [-0.3, -0.25) is 34.9 Å². The molecule has 0 saturated carbocycles. The monoisotopic (exact) mass is 1040 g/mol. The number of nitro benzene ring substituents is 2. The lowest BCUT2D eigenvalue weighted by Crippen LogP contribution is -2.42. The highest BCUT2D eigenvalue weighted by Crippen LogP contribution is 2.43. The fourth-order valence-corrected chi connectivity index (χ4v) is 8.79. The standard InChI is InChI=1S/C54H53N7O15/c1-70-43-26-20-40(21-27-43)54(38-11-5-2-6-12-38,39-13-7-3-8-14-39)74-33-44-47(71-30-10-4-9-15-45(62)63)48(76-53(65)73-32-29-37-18-24-42(25-19-37)61(68)69)51(75-44)59-35-57-46-49(55-34-56-50(46)59)58-52(64)72-31-28-36-16-22-41(23-17-36)60(66)67/h2-3,5-8,11-14,16-27,34-35,44,47-48,51H,4,9-10,15,28-33H2,1H3,(H,62,63)(H,55,56,58,64)/t44-,47-,48-,51-/m1/s1. The fourth-order valence-electron chi connectivity index (χ4n) is 8.79. The second-order valence-electron chi connectivity index (χ2n) is 17.4. The summed E-state index contributed by atoms with van der Waals surface area (Å²) in [6.45, 7) is -0.301. The number of hydrogen-bond donors (Lipinski definition) is 2. The number of unbranched alkanes of at least 4 members (excludes halogenated alkanes) is 2. The Labute approximate surface area is 434 Å². The highest BCUT2D eigenvalue weighted by atomic mass is 16.7. The highest BCUT2D eigenvalue weighted by Gasteiger charge is 2.51. The summed E-state index contributed by atoms with van der Waals surface area (Å²) in [7, 11) is 1.58. The van der Waals surface area contributed by atoms with E-state index < -0.39 is 58.2 Å². The van der Waals surface area contributed by atoms with Crippen molar-refractivity contribution in [2.24, 2.45) is 0 Å². The molecular formula is C54H53N7O15. The van der Waals surface area contributed by atoms with Gasteiger partial charge in [0.15, 0.2) is 29.3 Å². The lowest BCUT2D eigenvalue weighted by molar-refractivity contribution is -0.385. The summed E-state index contributed by atoms with van der Waals surface area (Å²) >= 11 is 0. The number of aliphatic carboxylic acids is 1. The number of anilines is 1. The molecule has 1 saturated heterocycles. The Morgan fingerprint density at radius 3 is 1.88 bits per heavy atom. The molecule has 7 aromatic rings. The molecule has 22 heteroatoms. The molecule has 3 heterocycles. The Kier molecular flexibility index (Phi) is 17.8. The molecular weight excluding hydrogens is 987 g/mol. The number of nitrogens with one attached hydrogen (secondary N) is 1. The van der Waals surface area contributed by atoms with E-state index >= 15 is 0 Å². The minimum atomic E-state index is -1.29. The molecule has 0 radical (unpaired) electrons. The first-order chi connectivity index (χ1) is 36.9. The number of imidazole rings is 1. The SMILES string of the molecule is COc1ccc(C(OC[C@H]2O[C@@H](n3cnc4c(NC(=O)OCCc5ccc([N+](=O)[O-])cc5)ncnc43)[C@H](OC(=O)OCCc3ccc([N+](=O)[O-])cc3)[C@@H]2OCCCCCC(=O)O)(c2ccccc2)c2ccccc2)cc1. The van der Waals surface area contributed by atoms with Crippen LogP contribution in [0.4, 0.5) is 26.8 Å². The van der Waals surface area contributed by atoms with Crippen LogP contribution in [-0.2, 0) is 51.7 Å². The van der Waals surface area contributed by atoms with Gasteiger partial charge in [-0.1, -0.05) is 103 Å². The minimum absolute atomic E-state index is 0.0192. The number of carboxylic acids is 1. The first-order valence-corrected chi connectivity index (χ1v) is 24.2. The molecule has 4 atom stereocenters. The third-order valence-electron chi connectivity index (χ3n) is 12.6. The van der Waals surface area contributed by atoms with Crippen LogP contribution < -0.4 is 10.1 Å². The number of carbonyl (C=O) groups excluding carboxylic acids is 2. The van der Waals surface area contributed by atoms with Crippen LogP contribution in [-0.4, -0.2) is 105 Å². The van der Waals surface area contributed by atoms with Gasteiger partial charge >= 0.3 is 18.2 Å². The van der Waals surface area contributed by atoms with E-state index in [1.165, 1.54) is 41.5 Å². The molecule has 1 aliphatic heterocycles. The van der Waals surface area contributed by atoms with E-state index in [2.05, 4.69) is 20.3 Å². The van der Waals surface area contributed by atoms with Gasteiger partial charge in [0.25, 0.3) is 11.4 Å². The van der Waals surface area contributed by atoms with E-state index in [4.69, 9.17) is 33.2 Å². The quantitative estimate of drug-likeness (QED) is 0.0177. The van der Waals surface area contributed by atoms with Crippen LogP contribution in [0.2, 0.25) is 0 Å². The van der Waals surface area contributed by atoms with Crippen molar-refractivity contribution in [2.75, 3.05) is 38.9 Å². The van der Waals surface area contributed by atoms with Crippen molar-refractivity contribution in [3.05, 3.63) is 194 Å². The Bertz CT molecular complexity index is 3030. The van der Waals surface area contributed by atoms with Crippen molar-refractivity contribution in [3.8, 4) is 5.75 Å². The average Bonchev–Trinajstić information content (AvgIpc) is 4.03. The third kappa shape index (κ3) is 13.1. The summed E-state index contributed by atoms with van der Waals surface area (Å²) in [5, 5.41) is 34.2. The zero-order valence-corrected chi connectivity index (χ0v) is 41.1. The van der Waals surface area contributed by atoms with E-state index in [1.54, 1.807) is 31.4 Å². The summed E-state index contributed by atoms with van der Waals surface area (Å²) in [5.74, 6) is -0.313. The Hall–Kier alpha value is -8.86. The molecule has 2 aromatic heterocycles. The largest absolute Gasteiger partial charge is 0.508 e. The predicted octanol–water partition coefficient (Wildman–Crippen LogP) is 9.14. The molecule has 1 aliphatic rings. The Balaban J connectivity index is 1.11. The van der Waals surface area contributed by atoms with Crippen molar-refractivity contribution < 1.29 is 62.5 Å². The zero-order valence-electron chi connectivity index (χ0n) is 41.1. The fraction of sp³-hybridized carbons (Fsp3) is 0.296. The van der Waals surface area contributed by atoms with E-state index in [-0.39, 0.29) is 74.0 Å². The van der Waals surface area contributed by atoms with Crippen molar-refractivity contribution in [1.29, 1.82) is 0 Å². The maximum Gasteiger partial charge on any atom is 0.508 e. The number of fused-ring (bicyclic) bond motifs is 1. The molecule has 8 rings (SSSR count). The van der Waals surface area contributed by atoms with Crippen LogP contribution in [0.15, 0.2) is 146 Å². The number of carbonyl (C=O) groups is 3. The zero-order chi connectivity index (χ0) is 53.4. The van der Waals surface area contributed by atoms with Crippen LogP contribution in [0, 0.1) is 20.2 Å². The van der Waals surface area contributed by atoms with E-state index in [9.17, 15) is 39.7 Å². The van der Waals surface area contributed by atoms with Gasteiger partial charge in [0.05, 0.1) is 43.1 Å². The van der Waals surface area contributed by atoms with Crippen molar-refractivity contribution in [1.82, 2.24) is 19.5 Å².